The van der Waals surface area contributed by atoms with E-state index in [0.29, 0.717) is 17.9 Å². The highest BCUT2D eigenvalue weighted by Gasteiger charge is 2.23. The minimum Gasteiger partial charge on any atom is -0.396 e. The molecule has 4 rings (SSSR count). The van der Waals surface area contributed by atoms with Crippen molar-refractivity contribution < 1.29 is 0 Å². The highest BCUT2D eigenvalue weighted by molar-refractivity contribution is 5.85. The lowest BCUT2D eigenvalue weighted by Crippen LogP contribution is -2.47. The summed E-state index contributed by atoms with van der Waals surface area (Å²) in [4.78, 5) is 4.77. The summed E-state index contributed by atoms with van der Waals surface area (Å²) in [5, 5.41) is 12.1. The molecule has 1 aromatic heterocycles. The van der Waals surface area contributed by atoms with E-state index in [1.165, 1.54) is 16.3 Å². The number of anilines is 2. The van der Waals surface area contributed by atoms with E-state index >= 15 is 0 Å². The Morgan fingerprint density at radius 2 is 1.78 bits per heavy atom. The van der Waals surface area contributed by atoms with Gasteiger partial charge in [0.1, 0.15) is 17.6 Å². The molecule has 1 aliphatic rings. The molecule has 0 saturated carbocycles. The SMILES string of the molecule is CCN1CCN(c2c(N)cc(C#N)n2Cc2cccc3ccccc23)CC1. The summed E-state index contributed by atoms with van der Waals surface area (Å²) in [5.41, 5.74) is 8.87. The number of nitriles is 1. The average molecular weight is 359 g/mol. The smallest absolute Gasteiger partial charge is 0.133 e. The molecule has 3 aromatic rings. The molecule has 0 bridgehead atoms. The van der Waals surface area contributed by atoms with E-state index in [4.69, 9.17) is 5.73 Å². The minimum atomic E-state index is 0.619. The van der Waals surface area contributed by atoms with Crippen molar-refractivity contribution in [2.24, 2.45) is 0 Å². The molecule has 0 radical (unpaired) electrons. The third-order valence-electron chi connectivity index (χ3n) is 5.54. The second kappa shape index (κ2) is 7.34. The number of benzene rings is 2. The number of aromatic nitrogens is 1. The van der Waals surface area contributed by atoms with Crippen LogP contribution >= 0.6 is 0 Å². The van der Waals surface area contributed by atoms with E-state index in [9.17, 15) is 5.26 Å². The second-order valence-corrected chi connectivity index (χ2v) is 7.07. The quantitative estimate of drug-likeness (QED) is 0.776. The van der Waals surface area contributed by atoms with Crippen molar-refractivity contribution in [1.29, 1.82) is 5.26 Å². The van der Waals surface area contributed by atoms with Crippen molar-refractivity contribution in [2.45, 2.75) is 13.5 Å². The van der Waals surface area contributed by atoms with Gasteiger partial charge in [-0.05, 0) is 28.9 Å². The van der Waals surface area contributed by atoms with Crippen LogP contribution in [0.2, 0.25) is 0 Å². The van der Waals surface area contributed by atoms with Crippen LogP contribution < -0.4 is 10.6 Å². The van der Waals surface area contributed by atoms with E-state index in [-0.39, 0.29) is 0 Å². The lowest BCUT2D eigenvalue weighted by Gasteiger charge is -2.36. The Bertz CT molecular complexity index is 984. The van der Waals surface area contributed by atoms with Crippen LogP contribution in [0.1, 0.15) is 18.2 Å². The molecule has 0 amide bonds. The molecule has 1 saturated heterocycles. The third-order valence-corrected chi connectivity index (χ3v) is 5.54. The van der Waals surface area contributed by atoms with Crippen LogP contribution in [0.5, 0.6) is 0 Å². The molecule has 138 valence electrons. The summed E-state index contributed by atoms with van der Waals surface area (Å²) in [5.74, 6) is 0.982. The summed E-state index contributed by atoms with van der Waals surface area (Å²) >= 11 is 0. The number of piperazine rings is 1. The Balaban J connectivity index is 1.73. The average Bonchev–Trinajstić information content (AvgIpc) is 3.03. The molecule has 2 aromatic carbocycles. The molecule has 5 heteroatoms. The Morgan fingerprint density at radius 3 is 2.52 bits per heavy atom. The Hall–Kier alpha value is -2.97. The summed E-state index contributed by atoms with van der Waals surface area (Å²) in [7, 11) is 0. The maximum absolute atomic E-state index is 9.67. The normalized spacial score (nSPS) is 15.2. The van der Waals surface area contributed by atoms with Gasteiger partial charge in [-0.1, -0.05) is 49.4 Å². The lowest BCUT2D eigenvalue weighted by atomic mass is 10.0. The molecule has 5 nitrogen and oxygen atoms in total. The summed E-state index contributed by atoms with van der Waals surface area (Å²) in [6.45, 7) is 7.83. The zero-order chi connectivity index (χ0) is 18.8. The third kappa shape index (κ3) is 3.24. The van der Waals surface area contributed by atoms with Crippen molar-refractivity contribution in [2.75, 3.05) is 43.4 Å². The lowest BCUT2D eigenvalue weighted by molar-refractivity contribution is 0.270. The van der Waals surface area contributed by atoms with Crippen LogP contribution in [0.15, 0.2) is 48.5 Å². The molecule has 1 aliphatic heterocycles. The van der Waals surface area contributed by atoms with Gasteiger partial charge < -0.3 is 20.1 Å². The van der Waals surface area contributed by atoms with Gasteiger partial charge in [0.15, 0.2) is 0 Å². The first-order valence-electron chi connectivity index (χ1n) is 9.54. The molecular weight excluding hydrogens is 334 g/mol. The number of nitrogens with zero attached hydrogens (tertiary/aromatic N) is 4. The zero-order valence-corrected chi connectivity index (χ0v) is 15.7. The van der Waals surface area contributed by atoms with Gasteiger partial charge >= 0.3 is 0 Å². The largest absolute Gasteiger partial charge is 0.396 e. The van der Waals surface area contributed by atoms with E-state index in [0.717, 1.165) is 38.5 Å². The Kier molecular flexibility index (Phi) is 4.74. The standard InChI is InChI=1S/C22H25N5/c1-2-25-10-12-26(13-11-25)22-21(24)14-19(15-23)27(22)16-18-8-5-7-17-6-3-4-9-20(17)18/h3-9,14H,2,10-13,16,24H2,1H3. The maximum Gasteiger partial charge on any atom is 0.133 e. The molecule has 27 heavy (non-hydrogen) atoms. The summed E-state index contributed by atoms with van der Waals surface area (Å²) < 4.78 is 2.08. The number of rotatable bonds is 4. The van der Waals surface area contributed by atoms with Crippen LogP contribution in [0.4, 0.5) is 11.5 Å². The van der Waals surface area contributed by atoms with Crippen LogP contribution in [0.3, 0.4) is 0 Å². The van der Waals surface area contributed by atoms with Gasteiger partial charge in [-0.15, -0.1) is 0 Å². The highest BCUT2D eigenvalue weighted by Crippen LogP contribution is 2.31. The molecule has 2 heterocycles. The van der Waals surface area contributed by atoms with Crippen LogP contribution in [0, 0.1) is 11.3 Å². The predicted octanol–water partition coefficient (Wildman–Crippen LogP) is 3.29. The van der Waals surface area contributed by atoms with Crippen molar-refractivity contribution in [3.8, 4) is 6.07 Å². The number of hydrogen-bond donors (Lipinski definition) is 1. The Morgan fingerprint density at radius 1 is 1.04 bits per heavy atom. The van der Waals surface area contributed by atoms with Crippen LogP contribution in [-0.2, 0) is 6.54 Å². The van der Waals surface area contributed by atoms with Gasteiger partial charge in [0.25, 0.3) is 0 Å². The van der Waals surface area contributed by atoms with Crippen molar-refractivity contribution in [3.05, 3.63) is 59.8 Å². The van der Waals surface area contributed by atoms with E-state index in [1.54, 1.807) is 0 Å². The van der Waals surface area contributed by atoms with Crippen molar-refractivity contribution >= 4 is 22.3 Å². The molecule has 1 fully saturated rings. The summed E-state index contributed by atoms with van der Waals surface area (Å²) in [6, 6.07) is 18.9. The van der Waals surface area contributed by atoms with Gasteiger partial charge in [-0.3, -0.25) is 0 Å². The molecule has 0 spiro atoms. The topological polar surface area (TPSA) is 61.2 Å². The maximum atomic E-state index is 9.67. The fourth-order valence-corrected chi connectivity index (χ4v) is 4.04. The number of likely N-dealkylation sites (N-methyl/N-ethyl adjacent to an activating group) is 1. The van der Waals surface area contributed by atoms with E-state index in [2.05, 4.69) is 69.8 Å². The first-order valence-corrected chi connectivity index (χ1v) is 9.54. The van der Waals surface area contributed by atoms with Gasteiger partial charge in [-0.25, -0.2) is 0 Å². The first-order chi connectivity index (χ1) is 13.2. The number of fused-ring (bicyclic) bond motifs is 1. The highest BCUT2D eigenvalue weighted by atomic mass is 15.3. The number of nitrogens with two attached hydrogens (primary N) is 1. The molecular formula is C22H25N5. The van der Waals surface area contributed by atoms with Crippen LogP contribution in [0.25, 0.3) is 10.8 Å². The second-order valence-electron chi connectivity index (χ2n) is 7.07. The number of nitrogen functional groups attached to an aromatic ring is 1. The van der Waals surface area contributed by atoms with Gasteiger partial charge in [-0.2, -0.15) is 5.26 Å². The fraction of sp³-hybridized carbons (Fsp3) is 0.318. The zero-order valence-electron chi connectivity index (χ0n) is 15.7. The van der Waals surface area contributed by atoms with Gasteiger partial charge in [0.2, 0.25) is 0 Å². The van der Waals surface area contributed by atoms with Crippen molar-refractivity contribution in [1.82, 2.24) is 9.47 Å². The molecule has 0 unspecified atom stereocenters. The van der Waals surface area contributed by atoms with Gasteiger partial charge in [0, 0.05) is 26.2 Å². The van der Waals surface area contributed by atoms with E-state index in [1.807, 2.05) is 6.07 Å². The molecule has 0 aliphatic carbocycles. The Labute approximate surface area is 160 Å². The van der Waals surface area contributed by atoms with Gasteiger partial charge in [0.05, 0.1) is 12.2 Å². The minimum absolute atomic E-state index is 0.619. The molecule has 0 atom stereocenters. The fourth-order valence-electron chi connectivity index (χ4n) is 4.04. The summed E-state index contributed by atoms with van der Waals surface area (Å²) in [6.07, 6.45) is 0. The number of hydrogen-bond acceptors (Lipinski definition) is 4. The monoisotopic (exact) mass is 359 g/mol. The van der Waals surface area contributed by atoms with E-state index < -0.39 is 0 Å². The molecule has 2 N–H and O–H groups in total. The van der Waals surface area contributed by atoms with Crippen molar-refractivity contribution in [3.63, 3.8) is 0 Å². The first kappa shape index (κ1) is 17.4. The predicted molar refractivity (Wildman–Crippen MR) is 111 cm³/mol. The van der Waals surface area contributed by atoms with Crippen LogP contribution in [-0.4, -0.2) is 42.2 Å².